The van der Waals surface area contributed by atoms with Crippen LogP contribution in [0, 0.1) is 16.7 Å². The first-order chi connectivity index (χ1) is 16.1. The summed E-state index contributed by atoms with van der Waals surface area (Å²) in [6, 6.07) is 23.7. The topological polar surface area (TPSA) is 62.9 Å². The van der Waals surface area contributed by atoms with Gasteiger partial charge in [0, 0.05) is 25.4 Å². The Hall–Kier alpha value is -2.82. The largest absolute Gasteiger partial charge is 0.349 e. The van der Waals surface area contributed by atoms with Crippen LogP contribution in [-0.2, 0) is 0 Å². The van der Waals surface area contributed by atoms with Crippen molar-refractivity contribution in [1.29, 1.82) is 10.7 Å². The number of hydrogen-bond acceptors (Lipinski definition) is 5. The number of nitrogens with one attached hydrogen (secondary N) is 2. The summed E-state index contributed by atoms with van der Waals surface area (Å²) in [5, 5.41) is 25.8. The number of halogens is 2. The number of nitriles is 1. The Bertz CT molecular complexity index is 1440. The van der Waals surface area contributed by atoms with Crippen molar-refractivity contribution in [3.05, 3.63) is 104 Å². The van der Waals surface area contributed by atoms with Crippen LogP contribution in [0.4, 0.5) is 11.4 Å². The SMILES string of the molecule is N#CC1=C2Sc3ccccc3N2C(=N)/C(=C2\Nc3ccccc3S2)C1c1ccc(Cl)cc1Cl. The Morgan fingerprint density at radius 3 is 2.48 bits per heavy atom. The fourth-order valence-electron chi connectivity index (χ4n) is 4.35. The molecule has 8 heteroatoms. The van der Waals surface area contributed by atoms with Crippen LogP contribution in [0.15, 0.2) is 97.7 Å². The lowest BCUT2D eigenvalue weighted by Gasteiger charge is -2.35. The summed E-state index contributed by atoms with van der Waals surface area (Å²) in [5.41, 5.74) is 3.94. The number of anilines is 2. The molecule has 0 aliphatic carbocycles. The van der Waals surface area contributed by atoms with E-state index in [-0.39, 0.29) is 0 Å². The second-order valence-electron chi connectivity index (χ2n) is 7.65. The average Bonchev–Trinajstić information content (AvgIpc) is 3.40. The molecule has 3 aliphatic heterocycles. The van der Waals surface area contributed by atoms with Crippen LogP contribution in [0.5, 0.6) is 0 Å². The fourth-order valence-corrected chi connectivity index (χ4v) is 7.12. The van der Waals surface area contributed by atoms with E-state index in [1.165, 1.54) is 11.8 Å². The summed E-state index contributed by atoms with van der Waals surface area (Å²) in [5.74, 6) is -0.162. The Morgan fingerprint density at radius 2 is 1.73 bits per heavy atom. The highest BCUT2D eigenvalue weighted by molar-refractivity contribution is 8.04. The number of rotatable bonds is 1. The molecule has 3 heterocycles. The molecule has 0 aromatic heterocycles. The molecule has 3 aromatic rings. The molecule has 160 valence electrons. The maximum absolute atomic E-state index is 10.4. The minimum absolute atomic E-state index is 0.334. The third-order valence-electron chi connectivity index (χ3n) is 5.79. The van der Waals surface area contributed by atoms with E-state index >= 15 is 0 Å². The normalized spacial score (nSPS) is 20.8. The standard InChI is InChI=1S/C25H14Cl2N4S2/c26-13-9-10-14(16(27)11-13)21-15(12-28)25-31(18-6-2-4-8-20(18)33-25)23(29)22(21)24-30-17-5-1-3-7-19(17)32-24/h1-11,21,29-30H/b24-22+,29-23?. The second kappa shape index (κ2) is 7.89. The Balaban J connectivity index is 1.63. The van der Waals surface area contributed by atoms with Gasteiger partial charge in [-0.15, -0.1) is 0 Å². The molecule has 6 rings (SSSR count). The smallest absolute Gasteiger partial charge is 0.137 e. The molecule has 33 heavy (non-hydrogen) atoms. The van der Waals surface area contributed by atoms with Crippen molar-refractivity contribution in [2.45, 2.75) is 15.7 Å². The van der Waals surface area contributed by atoms with Crippen molar-refractivity contribution in [3.8, 4) is 6.07 Å². The van der Waals surface area contributed by atoms with Gasteiger partial charge in [-0.05, 0) is 42.0 Å². The molecule has 0 spiro atoms. The molecule has 2 N–H and O–H groups in total. The van der Waals surface area contributed by atoms with Gasteiger partial charge in [0.2, 0.25) is 0 Å². The molecule has 0 fully saturated rings. The molecule has 0 bridgehead atoms. The lowest BCUT2D eigenvalue weighted by atomic mass is 9.82. The van der Waals surface area contributed by atoms with Gasteiger partial charge in [0.05, 0.1) is 34.0 Å². The third kappa shape index (κ3) is 3.19. The molecule has 0 saturated heterocycles. The van der Waals surface area contributed by atoms with Crippen molar-refractivity contribution in [3.63, 3.8) is 0 Å². The van der Waals surface area contributed by atoms with E-state index in [1.54, 1.807) is 23.9 Å². The van der Waals surface area contributed by atoms with Gasteiger partial charge in [-0.3, -0.25) is 10.3 Å². The highest BCUT2D eigenvalue weighted by Crippen LogP contribution is 2.56. The Kier molecular flexibility index (Phi) is 4.97. The first-order valence-electron chi connectivity index (χ1n) is 10.1. The minimum Gasteiger partial charge on any atom is -0.349 e. The number of allylic oxidation sites excluding steroid dienone is 1. The zero-order valence-electron chi connectivity index (χ0n) is 16.9. The van der Waals surface area contributed by atoms with Crippen LogP contribution in [0.1, 0.15) is 11.5 Å². The van der Waals surface area contributed by atoms with Gasteiger partial charge in [0.25, 0.3) is 0 Å². The molecule has 0 amide bonds. The van der Waals surface area contributed by atoms with Gasteiger partial charge >= 0.3 is 0 Å². The van der Waals surface area contributed by atoms with Crippen molar-refractivity contribution < 1.29 is 0 Å². The Morgan fingerprint density at radius 1 is 0.970 bits per heavy atom. The number of amidine groups is 1. The van der Waals surface area contributed by atoms with E-state index in [4.69, 9.17) is 23.2 Å². The van der Waals surface area contributed by atoms with Crippen molar-refractivity contribution in [2.24, 2.45) is 0 Å². The highest BCUT2D eigenvalue weighted by Gasteiger charge is 2.44. The van der Waals surface area contributed by atoms with Gasteiger partial charge in [-0.2, -0.15) is 5.26 Å². The molecule has 0 saturated carbocycles. The van der Waals surface area contributed by atoms with E-state index in [9.17, 15) is 10.7 Å². The number of fused-ring (bicyclic) bond motifs is 4. The minimum atomic E-state index is -0.496. The molecule has 3 aliphatic rings. The maximum Gasteiger partial charge on any atom is 0.137 e. The van der Waals surface area contributed by atoms with Crippen molar-refractivity contribution >= 4 is 63.9 Å². The molecule has 1 atom stereocenters. The molecule has 3 aromatic carbocycles. The van der Waals surface area contributed by atoms with Crippen LogP contribution in [0.3, 0.4) is 0 Å². The number of thioether (sulfide) groups is 2. The summed E-state index contributed by atoms with van der Waals surface area (Å²) in [7, 11) is 0. The van der Waals surface area contributed by atoms with E-state index < -0.39 is 5.92 Å². The maximum atomic E-state index is 10.4. The predicted octanol–water partition coefficient (Wildman–Crippen LogP) is 7.84. The predicted molar refractivity (Wildman–Crippen MR) is 137 cm³/mol. The summed E-state index contributed by atoms with van der Waals surface area (Å²) < 4.78 is 0. The summed E-state index contributed by atoms with van der Waals surface area (Å²) in [6.45, 7) is 0. The molecule has 0 radical (unpaired) electrons. The lowest BCUT2D eigenvalue weighted by molar-refractivity contribution is 0.940. The number of nitrogens with zero attached hydrogens (tertiary/aromatic N) is 2. The molecule has 1 unspecified atom stereocenters. The summed E-state index contributed by atoms with van der Waals surface area (Å²) in [6.07, 6.45) is 0. The first-order valence-corrected chi connectivity index (χ1v) is 12.5. The van der Waals surface area contributed by atoms with Crippen molar-refractivity contribution in [2.75, 3.05) is 10.2 Å². The van der Waals surface area contributed by atoms with Crippen LogP contribution in [-0.4, -0.2) is 5.84 Å². The lowest BCUT2D eigenvalue weighted by Crippen LogP contribution is -2.37. The zero-order chi connectivity index (χ0) is 22.7. The van der Waals surface area contributed by atoms with E-state index in [2.05, 4.69) is 11.4 Å². The van der Waals surface area contributed by atoms with E-state index in [0.717, 1.165) is 42.4 Å². The van der Waals surface area contributed by atoms with Gasteiger partial charge in [0.1, 0.15) is 10.9 Å². The van der Waals surface area contributed by atoms with Gasteiger partial charge in [-0.25, -0.2) is 0 Å². The number of benzene rings is 3. The second-order valence-corrected chi connectivity index (χ2v) is 10.6. The van der Waals surface area contributed by atoms with Crippen LogP contribution in [0.25, 0.3) is 0 Å². The van der Waals surface area contributed by atoms with Crippen LogP contribution >= 0.6 is 46.7 Å². The fraction of sp³-hybridized carbons (Fsp3) is 0.0400. The first kappa shape index (κ1) is 20.8. The average molecular weight is 505 g/mol. The van der Waals surface area contributed by atoms with Crippen LogP contribution < -0.4 is 10.2 Å². The quantitative estimate of drug-likeness (QED) is 0.353. The van der Waals surface area contributed by atoms with Gasteiger partial charge in [-0.1, -0.05) is 77.1 Å². The molecular formula is C25H14Cl2N4S2. The summed E-state index contributed by atoms with van der Waals surface area (Å²) in [4.78, 5) is 3.98. The molecule has 4 nitrogen and oxygen atoms in total. The van der Waals surface area contributed by atoms with E-state index in [0.29, 0.717) is 21.5 Å². The number of para-hydroxylation sites is 2. The van der Waals surface area contributed by atoms with Crippen LogP contribution in [0.2, 0.25) is 10.0 Å². The zero-order valence-corrected chi connectivity index (χ0v) is 20.0. The van der Waals surface area contributed by atoms with Crippen molar-refractivity contribution in [1.82, 2.24) is 0 Å². The summed E-state index contributed by atoms with van der Waals surface area (Å²) >= 11 is 15.9. The van der Waals surface area contributed by atoms with E-state index in [1.807, 2.05) is 59.5 Å². The molecular weight excluding hydrogens is 491 g/mol. The monoisotopic (exact) mass is 504 g/mol. The highest BCUT2D eigenvalue weighted by atomic mass is 35.5. The van der Waals surface area contributed by atoms with Gasteiger partial charge < -0.3 is 5.32 Å². The third-order valence-corrected chi connectivity index (χ3v) is 8.61. The number of hydrogen-bond donors (Lipinski definition) is 2. The van der Waals surface area contributed by atoms with Gasteiger partial charge in [0.15, 0.2) is 0 Å². The Labute approximate surface area is 209 Å².